The van der Waals surface area contributed by atoms with Gasteiger partial charge in [0.05, 0.1) is 5.76 Å². The Balaban J connectivity index is 0. The summed E-state index contributed by atoms with van der Waals surface area (Å²) in [7, 11) is 0. The van der Waals surface area contributed by atoms with Gasteiger partial charge in [0.25, 0.3) is 0 Å². The highest BCUT2D eigenvalue weighted by Crippen LogP contribution is 2.14. The zero-order valence-electron chi connectivity index (χ0n) is 13.1. The normalized spacial score (nSPS) is 13.7. The van der Waals surface area contributed by atoms with E-state index in [9.17, 15) is 5.11 Å². The average Bonchev–Trinajstić information content (AvgIpc) is 2.33. The molecule has 0 fully saturated rings. The van der Waals surface area contributed by atoms with E-state index in [1.54, 1.807) is 6.92 Å². The van der Waals surface area contributed by atoms with Crippen molar-refractivity contribution in [2.24, 2.45) is 5.73 Å². The molecule has 1 atom stereocenters. The Morgan fingerprint density at radius 3 is 2.05 bits per heavy atom. The maximum Gasteiger partial charge on any atom is 0.0880 e. The molecule has 0 heterocycles. The number of aliphatic hydroxyl groups excluding tert-OH is 1. The number of unbranched alkanes of at least 4 members (excludes halogenated alkanes) is 5. The molecule has 0 saturated heterocycles. The van der Waals surface area contributed by atoms with Gasteiger partial charge in [0.1, 0.15) is 0 Å². The van der Waals surface area contributed by atoms with E-state index in [1.807, 2.05) is 6.92 Å². The molecule has 0 aliphatic carbocycles. The molecule has 2 nitrogen and oxygen atoms in total. The first-order valence-electron chi connectivity index (χ1n) is 7.68. The standard InChI is InChI=1S/C16H33NO.ClH/c1-4-5-6-7-8-9-12-16(17)13-10-11-14(2)15(3)18;/h16,18H,4-13,17H2,1-3H3;1H/b15-14-;. The van der Waals surface area contributed by atoms with Crippen LogP contribution in [0.15, 0.2) is 11.3 Å². The molecule has 0 aromatic rings. The summed E-state index contributed by atoms with van der Waals surface area (Å²) in [4.78, 5) is 0. The molecule has 0 radical (unpaired) electrons. The van der Waals surface area contributed by atoms with Gasteiger partial charge in [-0.3, -0.25) is 0 Å². The molecule has 0 aromatic carbocycles. The zero-order chi connectivity index (χ0) is 13.8. The number of allylic oxidation sites excluding steroid dienone is 2. The minimum atomic E-state index is 0. The third-order valence-corrected chi connectivity index (χ3v) is 3.67. The zero-order valence-corrected chi connectivity index (χ0v) is 13.9. The first kappa shape index (κ1) is 21.1. The van der Waals surface area contributed by atoms with E-state index >= 15 is 0 Å². The second-order valence-corrected chi connectivity index (χ2v) is 5.57. The van der Waals surface area contributed by atoms with Crippen LogP contribution in [-0.4, -0.2) is 11.1 Å². The van der Waals surface area contributed by atoms with Crippen molar-refractivity contribution in [2.75, 3.05) is 0 Å². The molecule has 3 heteroatoms. The van der Waals surface area contributed by atoms with Crippen LogP contribution in [0.3, 0.4) is 0 Å². The third-order valence-electron chi connectivity index (χ3n) is 3.67. The van der Waals surface area contributed by atoms with Crippen molar-refractivity contribution in [2.45, 2.75) is 91.0 Å². The summed E-state index contributed by atoms with van der Waals surface area (Å²) in [5.41, 5.74) is 7.20. The van der Waals surface area contributed by atoms with Gasteiger partial charge in [-0.05, 0) is 45.1 Å². The van der Waals surface area contributed by atoms with Crippen LogP contribution in [0.25, 0.3) is 0 Å². The van der Waals surface area contributed by atoms with Gasteiger partial charge in [-0.15, -0.1) is 12.4 Å². The quantitative estimate of drug-likeness (QED) is 0.389. The van der Waals surface area contributed by atoms with Crippen LogP contribution in [-0.2, 0) is 0 Å². The molecule has 0 amide bonds. The fraction of sp³-hybridized carbons (Fsp3) is 0.875. The molecule has 0 rings (SSSR count). The van der Waals surface area contributed by atoms with Crippen molar-refractivity contribution in [3.05, 3.63) is 11.3 Å². The summed E-state index contributed by atoms with van der Waals surface area (Å²) >= 11 is 0. The molecule has 0 aromatic heterocycles. The first-order valence-corrected chi connectivity index (χ1v) is 7.68. The van der Waals surface area contributed by atoms with Crippen molar-refractivity contribution in [1.29, 1.82) is 0 Å². The van der Waals surface area contributed by atoms with Gasteiger partial charge in [-0.2, -0.15) is 0 Å². The molecule has 0 aliphatic heterocycles. The van der Waals surface area contributed by atoms with Gasteiger partial charge in [0, 0.05) is 6.04 Å². The Bertz CT molecular complexity index is 225. The monoisotopic (exact) mass is 291 g/mol. The van der Waals surface area contributed by atoms with Crippen LogP contribution < -0.4 is 5.73 Å². The van der Waals surface area contributed by atoms with Crippen LogP contribution in [0, 0.1) is 0 Å². The predicted octanol–water partition coefficient (Wildman–Crippen LogP) is 5.51. The highest BCUT2D eigenvalue weighted by molar-refractivity contribution is 5.85. The van der Waals surface area contributed by atoms with E-state index in [1.165, 1.54) is 38.5 Å². The number of rotatable bonds is 11. The van der Waals surface area contributed by atoms with Gasteiger partial charge < -0.3 is 10.8 Å². The SMILES string of the molecule is CCCCCCCCC(N)CCC/C(C)=C(/C)O.Cl. The smallest absolute Gasteiger partial charge is 0.0880 e. The fourth-order valence-corrected chi connectivity index (χ4v) is 2.14. The van der Waals surface area contributed by atoms with Crippen molar-refractivity contribution in [1.82, 2.24) is 0 Å². The fourth-order valence-electron chi connectivity index (χ4n) is 2.14. The molecular formula is C16H34ClNO. The molecule has 1 unspecified atom stereocenters. The molecular weight excluding hydrogens is 258 g/mol. The summed E-state index contributed by atoms with van der Waals surface area (Å²) in [6.07, 6.45) is 12.4. The lowest BCUT2D eigenvalue weighted by molar-refractivity contribution is 0.402. The Morgan fingerprint density at radius 1 is 0.947 bits per heavy atom. The maximum absolute atomic E-state index is 9.28. The van der Waals surface area contributed by atoms with Crippen LogP contribution in [0.5, 0.6) is 0 Å². The first-order chi connectivity index (χ1) is 8.57. The minimum absolute atomic E-state index is 0. The van der Waals surface area contributed by atoms with Crippen LogP contribution in [0.1, 0.15) is 85.0 Å². The van der Waals surface area contributed by atoms with E-state index in [2.05, 4.69) is 6.92 Å². The Morgan fingerprint density at radius 2 is 1.47 bits per heavy atom. The molecule has 19 heavy (non-hydrogen) atoms. The number of nitrogens with two attached hydrogens (primary N) is 1. The Kier molecular flexibility index (Phi) is 15.8. The van der Waals surface area contributed by atoms with Crippen molar-refractivity contribution in [3.63, 3.8) is 0 Å². The average molecular weight is 292 g/mol. The molecule has 3 N–H and O–H groups in total. The lowest BCUT2D eigenvalue weighted by Gasteiger charge is -2.11. The lowest BCUT2D eigenvalue weighted by atomic mass is 10.0. The van der Waals surface area contributed by atoms with Crippen LogP contribution in [0.2, 0.25) is 0 Å². The summed E-state index contributed by atoms with van der Waals surface area (Å²) in [5, 5.41) is 9.28. The highest BCUT2D eigenvalue weighted by atomic mass is 35.5. The van der Waals surface area contributed by atoms with Crippen molar-refractivity contribution >= 4 is 12.4 Å². The second kappa shape index (κ2) is 14.2. The number of aliphatic hydroxyl groups is 1. The molecule has 0 spiro atoms. The summed E-state index contributed by atoms with van der Waals surface area (Å²) in [5.74, 6) is 0.472. The molecule has 116 valence electrons. The lowest BCUT2D eigenvalue weighted by Crippen LogP contribution is -2.19. The second-order valence-electron chi connectivity index (χ2n) is 5.57. The van der Waals surface area contributed by atoms with E-state index in [4.69, 9.17) is 5.73 Å². The van der Waals surface area contributed by atoms with Crippen LogP contribution >= 0.6 is 12.4 Å². The number of halogens is 1. The Hall–Kier alpha value is -0.210. The third kappa shape index (κ3) is 14.0. The predicted molar refractivity (Wildman–Crippen MR) is 88.1 cm³/mol. The number of hydrogen-bond donors (Lipinski definition) is 2. The van der Waals surface area contributed by atoms with Crippen molar-refractivity contribution in [3.8, 4) is 0 Å². The van der Waals surface area contributed by atoms with Gasteiger partial charge in [-0.1, -0.05) is 45.4 Å². The largest absolute Gasteiger partial charge is 0.513 e. The minimum Gasteiger partial charge on any atom is -0.513 e. The molecule has 0 bridgehead atoms. The Labute approximate surface area is 126 Å². The van der Waals surface area contributed by atoms with Gasteiger partial charge in [0.2, 0.25) is 0 Å². The molecule has 0 saturated carbocycles. The van der Waals surface area contributed by atoms with Gasteiger partial charge in [0.15, 0.2) is 0 Å². The number of hydrogen-bond acceptors (Lipinski definition) is 2. The van der Waals surface area contributed by atoms with Gasteiger partial charge in [-0.25, -0.2) is 0 Å². The van der Waals surface area contributed by atoms with E-state index < -0.39 is 0 Å². The van der Waals surface area contributed by atoms with Crippen molar-refractivity contribution < 1.29 is 5.11 Å². The molecule has 0 aliphatic rings. The van der Waals surface area contributed by atoms with Gasteiger partial charge >= 0.3 is 0 Å². The highest BCUT2D eigenvalue weighted by Gasteiger charge is 2.03. The summed E-state index contributed by atoms with van der Waals surface area (Å²) in [6.45, 7) is 6.00. The van der Waals surface area contributed by atoms with E-state index in [-0.39, 0.29) is 12.4 Å². The van der Waals surface area contributed by atoms with E-state index in [0.29, 0.717) is 11.8 Å². The van der Waals surface area contributed by atoms with E-state index in [0.717, 1.165) is 31.3 Å². The summed E-state index contributed by atoms with van der Waals surface area (Å²) in [6, 6.07) is 0.350. The van der Waals surface area contributed by atoms with Crippen LogP contribution in [0.4, 0.5) is 0 Å². The summed E-state index contributed by atoms with van der Waals surface area (Å²) < 4.78 is 0. The maximum atomic E-state index is 9.28. The topological polar surface area (TPSA) is 46.2 Å².